The number of nitrogens with zero attached hydrogens (tertiary/aromatic N) is 5. The van der Waals surface area contributed by atoms with Crippen LogP contribution in [0.1, 0.15) is 31.4 Å². The number of thiazole rings is 1. The van der Waals surface area contributed by atoms with Gasteiger partial charge in [0.15, 0.2) is 10.8 Å². The molecule has 1 N–H and O–H groups in total. The second-order valence-electron chi connectivity index (χ2n) is 7.46. The lowest BCUT2D eigenvalue weighted by atomic mass is 9.94. The third-order valence-electron chi connectivity index (χ3n) is 5.82. The van der Waals surface area contributed by atoms with Crippen molar-refractivity contribution < 1.29 is 0 Å². The van der Waals surface area contributed by atoms with E-state index in [1.54, 1.807) is 11.3 Å². The Morgan fingerprint density at radius 1 is 1.12 bits per heavy atom. The van der Waals surface area contributed by atoms with Gasteiger partial charge in [0.05, 0.1) is 10.4 Å². The molecule has 1 saturated carbocycles. The second kappa shape index (κ2) is 6.28. The summed E-state index contributed by atoms with van der Waals surface area (Å²) in [6.45, 7) is 7.85. The Labute approximate surface area is 147 Å². The highest BCUT2D eigenvalue weighted by atomic mass is 32.1. The van der Waals surface area contributed by atoms with Gasteiger partial charge in [0.1, 0.15) is 0 Å². The van der Waals surface area contributed by atoms with E-state index in [9.17, 15) is 0 Å². The maximum atomic E-state index is 4.76. The average molecular weight is 349 g/mol. The molecule has 1 saturated heterocycles. The van der Waals surface area contributed by atoms with Crippen LogP contribution >= 0.6 is 11.3 Å². The maximum absolute atomic E-state index is 4.76. The van der Waals surface area contributed by atoms with Crippen LogP contribution in [0.4, 0.5) is 5.13 Å². The van der Waals surface area contributed by atoms with E-state index in [-0.39, 0.29) is 0 Å². The molecule has 0 unspecified atom stereocenters. The van der Waals surface area contributed by atoms with Gasteiger partial charge < -0.3 is 10.2 Å². The van der Waals surface area contributed by atoms with Gasteiger partial charge in [-0.15, -0.1) is 0 Å². The first-order valence-corrected chi connectivity index (χ1v) is 9.87. The highest BCUT2D eigenvalue weighted by molar-refractivity contribution is 7.22. The molecule has 3 heterocycles. The summed E-state index contributed by atoms with van der Waals surface area (Å²) < 4.78 is 3.10. The molecule has 4 rings (SSSR count). The third kappa shape index (κ3) is 2.82. The Morgan fingerprint density at radius 3 is 2.50 bits per heavy atom. The predicted molar refractivity (Wildman–Crippen MR) is 99.9 cm³/mol. The highest BCUT2D eigenvalue weighted by Crippen LogP contribution is 2.37. The molecule has 6 nitrogen and oxygen atoms in total. The lowest BCUT2D eigenvalue weighted by molar-refractivity contribution is 0.0511. The smallest absolute Gasteiger partial charge is 0.185 e. The number of rotatable bonds is 4. The van der Waals surface area contributed by atoms with Gasteiger partial charge in [-0.2, -0.15) is 5.10 Å². The fraction of sp³-hybridized carbons (Fsp3) is 0.765. The first-order valence-electron chi connectivity index (χ1n) is 9.05. The molecule has 24 heavy (non-hydrogen) atoms. The van der Waals surface area contributed by atoms with Gasteiger partial charge in [-0.1, -0.05) is 24.2 Å². The van der Waals surface area contributed by atoms with E-state index in [4.69, 9.17) is 4.98 Å². The molecule has 0 amide bonds. The van der Waals surface area contributed by atoms with Crippen molar-refractivity contribution in [3.05, 3.63) is 5.69 Å². The molecule has 132 valence electrons. The number of hydrogen-bond donors (Lipinski definition) is 1. The number of aromatic nitrogens is 3. The van der Waals surface area contributed by atoms with Gasteiger partial charge in [-0.05, 0) is 26.8 Å². The molecule has 0 radical (unpaired) electrons. The molecule has 0 aromatic carbocycles. The fourth-order valence-corrected chi connectivity index (χ4v) is 5.25. The monoisotopic (exact) mass is 348 g/mol. The van der Waals surface area contributed by atoms with Crippen molar-refractivity contribution in [2.75, 3.05) is 45.1 Å². The number of piperazine rings is 1. The van der Waals surface area contributed by atoms with E-state index in [1.165, 1.54) is 56.6 Å². The van der Waals surface area contributed by atoms with Crippen LogP contribution < -0.4 is 5.32 Å². The topological polar surface area (TPSA) is 49.2 Å². The van der Waals surface area contributed by atoms with E-state index in [2.05, 4.69) is 34.2 Å². The lowest BCUT2D eigenvalue weighted by Gasteiger charge is -2.45. The molecule has 2 aliphatic rings. The van der Waals surface area contributed by atoms with Crippen molar-refractivity contribution >= 4 is 26.8 Å². The normalized spacial score (nSPS) is 22.5. The van der Waals surface area contributed by atoms with Crippen LogP contribution in [0.25, 0.3) is 10.3 Å². The van der Waals surface area contributed by atoms with Crippen molar-refractivity contribution in [1.82, 2.24) is 24.6 Å². The van der Waals surface area contributed by atoms with E-state index in [1.807, 2.05) is 11.7 Å². The van der Waals surface area contributed by atoms with E-state index < -0.39 is 0 Å². The SMILES string of the molecule is Cc1nn(C)c2nc(NCC3(N4CCN(C)CC4)CCCC3)sc12. The summed E-state index contributed by atoms with van der Waals surface area (Å²) in [5.74, 6) is 0. The summed E-state index contributed by atoms with van der Waals surface area (Å²) in [4.78, 5) is 9.95. The standard InChI is InChI=1S/C17H28N6S/c1-13-14-15(22(3)20-13)19-16(24-14)18-12-17(6-4-5-7-17)23-10-8-21(2)9-11-23/h4-12H2,1-3H3,(H,18,19). The molecular weight excluding hydrogens is 320 g/mol. The molecule has 0 spiro atoms. The minimum atomic E-state index is 0.326. The van der Waals surface area contributed by atoms with Gasteiger partial charge in [0, 0.05) is 45.3 Å². The summed E-state index contributed by atoms with van der Waals surface area (Å²) in [6.07, 6.45) is 5.35. The largest absolute Gasteiger partial charge is 0.360 e. The Balaban J connectivity index is 1.49. The van der Waals surface area contributed by atoms with E-state index in [0.717, 1.165) is 23.0 Å². The summed E-state index contributed by atoms with van der Waals surface area (Å²) in [6, 6.07) is 0. The van der Waals surface area contributed by atoms with Crippen LogP contribution in [0.15, 0.2) is 0 Å². The van der Waals surface area contributed by atoms with Gasteiger partial charge in [-0.25, -0.2) is 9.67 Å². The molecule has 2 aromatic rings. The van der Waals surface area contributed by atoms with Gasteiger partial charge in [0.2, 0.25) is 0 Å². The summed E-state index contributed by atoms with van der Waals surface area (Å²) in [5, 5.41) is 9.17. The van der Waals surface area contributed by atoms with Crippen LogP contribution in [-0.2, 0) is 7.05 Å². The zero-order chi connectivity index (χ0) is 16.7. The third-order valence-corrected chi connectivity index (χ3v) is 6.93. The number of nitrogens with one attached hydrogen (secondary N) is 1. The molecule has 0 atom stereocenters. The minimum Gasteiger partial charge on any atom is -0.360 e. The fourth-order valence-electron chi connectivity index (χ4n) is 4.32. The van der Waals surface area contributed by atoms with Crippen molar-refractivity contribution in [2.45, 2.75) is 38.1 Å². The Bertz CT molecular complexity index is 672. The quantitative estimate of drug-likeness (QED) is 0.919. The summed E-state index contributed by atoms with van der Waals surface area (Å²) in [5.41, 5.74) is 2.40. The predicted octanol–water partition coefficient (Wildman–Crippen LogP) is 2.31. The Morgan fingerprint density at radius 2 is 1.83 bits per heavy atom. The van der Waals surface area contributed by atoms with Crippen molar-refractivity contribution in [3.8, 4) is 0 Å². The van der Waals surface area contributed by atoms with Crippen LogP contribution in [-0.4, -0.2) is 69.9 Å². The molecule has 7 heteroatoms. The van der Waals surface area contributed by atoms with E-state index >= 15 is 0 Å². The summed E-state index contributed by atoms with van der Waals surface area (Å²) in [7, 11) is 4.20. The van der Waals surface area contributed by atoms with E-state index in [0.29, 0.717) is 5.54 Å². The Kier molecular flexibility index (Phi) is 4.26. The average Bonchev–Trinajstić information content (AvgIpc) is 3.26. The van der Waals surface area contributed by atoms with Crippen molar-refractivity contribution in [3.63, 3.8) is 0 Å². The Hall–Kier alpha value is -1.18. The first-order chi connectivity index (χ1) is 11.6. The van der Waals surface area contributed by atoms with Crippen LogP contribution in [0.3, 0.4) is 0 Å². The van der Waals surface area contributed by atoms with Crippen LogP contribution in [0.5, 0.6) is 0 Å². The van der Waals surface area contributed by atoms with Crippen LogP contribution in [0.2, 0.25) is 0 Å². The maximum Gasteiger partial charge on any atom is 0.185 e. The zero-order valence-electron chi connectivity index (χ0n) is 15.0. The molecule has 0 bridgehead atoms. The number of likely N-dealkylation sites (N-methyl/N-ethyl adjacent to an activating group) is 1. The number of aryl methyl sites for hydroxylation is 2. The number of fused-ring (bicyclic) bond motifs is 1. The number of hydrogen-bond acceptors (Lipinski definition) is 6. The molecule has 2 aromatic heterocycles. The molecule has 1 aliphatic heterocycles. The van der Waals surface area contributed by atoms with Gasteiger partial charge in [0.25, 0.3) is 0 Å². The van der Waals surface area contributed by atoms with Gasteiger partial charge in [-0.3, -0.25) is 4.90 Å². The van der Waals surface area contributed by atoms with Crippen molar-refractivity contribution in [2.24, 2.45) is 7.05 Å². The zero-order valence-corrected chi connectivity index (χ0v) is 15.8. The minimum absolute atomic E-state index is 0.326. The highest BCUT2D eigenvalue weighted by Gasteiger charge is 2.40. The second-order valence-corrected chi connectivity index (χ2v) is 8.46. The number of anilines is 1. The molecular formula is C17H28N6S. The summed E-state index contributed by atoms with van der Waals surface area (Å²) >= 11 is 1.74. The van der Waals surface area contributed by atoms with Gasteiger partial charge >= 0.3 is 0 Å². The van der Waals surface area contributed by atoms with Crippen molar-refractivity contribution in [1.29, 1.82) is 0 Å². The lowest BCUT2D eigenvalue weighted by Crippen LogP contribution is -2.58. The van der Waals surface area contributed by atoms with Crippen LogP contribution in [0, 0.1) is 6.92 Å². The first kappa shape index (κ1) is 16.3. The molecule has 1 aliphatic carbocycles. The molecule has 2 fully saturated rings.